The van der Waals surface area contributed by atoms with Gasteiger partial charge in [0.05, 0.1) is 5.56 Å². The highest BCUT2D eigenvalue weighted by atomic mass is 16.6. The van der Waals surface area contributed by atoms with Crippen molar-refractivity contribution in [2.75, 3.05) is 6.61 Å². The molecule has 4 rings (SSSR count). The van der Waals surface area contributed by atoms with Crippen molar-refractivity contribution < 1.29 is 19.4 Å². The number of benzene rings is 3. The van der Waals surface area contributed by atoms with Crippen LogP contribution in [0.3, 0.4) is 0 Å². The Balaban J connectivity index is 1.69. The Morgan fingerprint density at radius 3 is 1.83 bits per heavy atom. The number of aromatic hydroxyl groups is 1. The Bertz CT molecular complexity index is 1540. The molecule has 7 heteroatoms. The lowest BCUT2D eigenvalue weighted by atomic mass is 10.0. The van der Waals surface area contributed by atoms with Gasteiger partial charge in [0.1, 0.15) is 24.2 Å². The number of phenols is 1. The van der Waals surface area contributed by atoms with Crippen molar-refractivity contribution in [3.63, 3.8) is 0 Å². The van der Waals surface area contributed by atoms with E-state index in [9.17, 15) is 9.90 Å². The zero-order valence-electron chi connectivity index (χ0n) is 25.3. The highest BCUT2D eigenvalue weighted by Gasteiger charge is 2.19. The van der Waals surface area contributed by atoms with Crippen LogP contribution in [0.4, 0.5) is 0 Å². The summed E-state index contributed by atoms with van der Waals surface area (Å²) in [6.45, 7) is 15.7. The van der Waals surface area contributed by atoms with E-state index in [0.717, 1.165) is 46.2 Å². The average molecular weight is 566 g/mol. The number of aryl methyl sites for hydroxylation is 4. The third-order valence-corrected chi connectivity index (χ3v) is 7.03. The van der Waals surface area contributed by atoms with E-state index in [4.69, 9.17) is 24.4 Å². The molecule has 7 nitrogen and oxygen atoms in total. The summed E-state index contributed by atoms with van der Waals surface area (Å²) in [4.78, 5) is 26.5. The number of aromatic nitrogens is 3. The minimum Gasteiger partial charge on any atom is -0.507 e. The van der Waals surface area contributed by atoms with Crippen molar-refractivity contribution in [3.05, 3.63) is 89.0 Å². The van der Waals surface area contributed by atoms with Gasteiger partial charge in [0.2, 0.25) is 0 Å². The molecule has 0 aliphatic rings. The summed E-state index contributed by atoms with van der Waals surface area (Å²) in [5.41, 5.74) is 7.01. The summed E-state index contributed by atoms with van der Waals surface area (Å²) >= 11 is 0. The molecule has 1 unspecified atom stereocenters. The lowest BCUT2D eigenvalue weighted by Gasteiger charge is -2.19. The third kappa shape index (κ3) is 7.40. The van der Waals surface area contributed by atoms with Crippen LogP contribution in [-0.2, 0) is 9.53 Å². The first-order valence-corrected chi connectivity index (χ1v) is 14.3. The molecule has 1 atom stereocenters. The van der Waals surface area contributed by atoms with Gasteiger partial charge >= 0.3 is 5.97 Å². The van der Waals surface area contributed by atoms with Crippen molar-refractivity contribution in [2.45, 2.75) is 66.9 Å². The van der Waals surface area contributed by atoms with Gasteiger partial charge in [-0.25, -0.2) is 19.7 Å². The topological polar surface area (TPSA) is 94.4 Å². The maximum Gasteiger partial charge on any atom is 0.333 e. The highest BCUT2D eigenvalue weighted by Crippen LogP contribution is 2.34. The summed E-state index contributed by atoms with van der Waals surface area (Å²) in [7, 11) is 0. The molecule has 0 bridgehead atoms. The van der Waals surface area contributed by atoms with Crippen LogP contribution in [0.25, 0.3) is 34.2 Å². The quantitative estimate of drug-likeness (QED) is 0.146. The number of hydrogen-bond acceptors (Lipinski definition) is 7. The number of esters is 1. The standard InChI is InChI=1S/C35H39N3O4/c1-8-9-10-27(42-35(40)21(2)3)20-41-26-13-16-30(31(39)19-26)34-37-32(28-14-11-22(4)17-24(28)6)36-33(38-34)29-15-12-23(5)18-25(29)7/h11-19,27,39H,2,8-10,20H2,1,3-7H3. The Hall–Kier alpha value is -4.52. The fourth-order valence-electron chi connectivity index (χ4n) is 4.71. The molecule has 0 spiro atoms. The minimum absolute atomic E-state index is 0.0269. The van der Waals surface area contributed by atoms with Gasteiger partial charge in [-0.1, -0.05) is 67.4 Å². The van der Waals surface area contributed by atoms with Crippen molar-refractivity contribution in [3.8, 4) is 45.7 Å². The fourth-order valence-corrected chi connectivity index (χ4v) is 4.71. The number of unbranched alkanes of at least 4 members (excludes halogenated alkanes) is 1. The van der Waals surface area contributed by atoms with E-state index in [1.807, 2.05) is 38.1 Å². The van der Waals surface area contributed by atoms with E-state index in [1.165, 1.54) is 6.07 Å². The second kappa shape index (κ2) is 13.4. The van der Waals surface area contributed by atoms with E-state index < -0.39 is 12.1 Å². The smallest absolute Gasteiger partial charge is 0.333 e. The number of nitrogens with zero attached hydrogens (tertiary/aromatic N) is 3. The Kier molecular flexibility index (Phi) is 9.73. The first kappa shape index (κ1) is 30.4. The minimum atomic E-state index is -0.438. The predicted octanol–water partition coefficient (Wildman–Crippen LogP) is 7.87. The number of ether oxygens (including phenoxy) is 2. The molecular weight excluding hydrogens is 526 g/mol. The highest BCUT2D eigenvalue weighted by molar-refractivity contribution is 5.87. The molecule has 1 aromatic heterocycles. The number of carbonyl (C=O) groups is 1. The lowest BCUT2D eigenvalue weighted by Crippen LogP contribution is -2.25. The van der Waals surface area contributed by atoms with Gasteiger partial charge in [0.15, 0.2) is 17.5 Å². The van der Waals surface area contributed by atoms with Crippen LogP contribution >= 0.6 is 0 Å². The number of hydrogen-bond donors (Lipinski definition) is 1. The maximum absolute atomic E-state index is 12.1. The SMILES string of the molecule is C=C(C)C(=O)OC(CCCC)COc1ccc(-c2nc(-c3ccc(C)cc3C)nc(-c3ccc(C)cc3C)n2)c(O)c1. The second-order valence-electron chi connectivity index (χ2n) is 10.9. The Labute approximate surface area is 248 Å². The Morgan fingerprint density at radius 1 is 0.833 bits per heavy atom. The molecule has 0 saturated carbocycles. The van der Waals surface area contributed by atoms with Gasteiger partial charge in [-0.15, -0.1) is 0 Å². The monoisotopic (exact) mass is 565 g/mol. The zero-order chi connectivity index (χ0) is 30.4. The van der Waals surface area contributed by atoms with Crippen LogP contribution in [0.5, 0.6) is 11.5 Å². The summed E-state index contributed by atoms with van der Waals surface area (Å²) in [6, 6.07) is 17.3. The molecule has 1 N–H and O–H groups in total. The van der Waals surface area contributed by atoms with Crippen LogP contribution in [0.15, 0.2) is 66.7 Å². The number of carbonyl (C=O) groups excluding carboxylic acids is 1. The van der Waals surface area contributed by atoms with E-state index in [0.29, 0.717) is 40.8 Å². The van der Waals surface area contributed by atoms with Crippen LogP contribution in [-0.4, -0.2) is 38.7 Å². The third-order valence-electron chi connectivity index (χ3n) is 7.03. The molecule has 3 aromatic carbocycles. The molecule has 0 fully saturated rings. The zero-order valence-corrected chi connectivity index (χ0v) is 25.3. The number of phenolic OH excluding ortho intramolecular Hbond substituents is 1. The molecular formula is C35H39N3O4. The van der Waals surface area contributed by atoms with Gasteiger partial charge in [0.25, 0.3) is 0 Å². The van der Waals surface area contributed by atoms with E-state index >= 15 is 0 Å². The fraction of sp³-hybridized carbons (Fsp3) is 0.314. The molecule has 4 aromatic rings. The molecule has 0 radical (unpaired) electrons. The van der Waals surface area contributed by atoms with Crippen molar-refractivity contribution in [1.29, 1.82) is 0 Å². The van der Waals surface area contributed by atoms with Gasteiger partial charge in [-0.05, 0) is 70.7 Å². The van der Waals surface area contributed by atoms with Crippen LogP contribution in [0, 0.1) is 27.7 Å². The number of rotatable bonds is 11. The van der Waals surface area contributed by atoms with Gasteiger partial charge in [-0.3, -0.25) is 0 Å². The molecule has 0 aliphatic heterocycles. The van der Waals surface area contributed by atoms with Gasteiger partial charge < -0.3 is 14.6 Å². The first-order chi connectivity index (χ1) is 20.0. The molecule has 218 valence electrons. The molecule has 0 saturated heterocycles. The second-order valence-corrected chi connectivity index (χ2v) is 10.9. The van der Waals surface area contributed by atoms with E-state index in [2.05, 4.69) is 39.5 Å². The van der Waals surface area contributed by atoms with Crippen molar-refractivity contribution in [2.24, 2.45) is 0 Å². The van der Waals surface area contributed by atoms with Crippen LogP contribution in [0.1, 0.15) is 55.4 Å². The van der Waals surface area contributed by atoms with Crippen molar-refractivity contribution in [1.82, 2.24) is 15.0 Å². The van der Waals surface area contributed by atoms with Gasteiger partial charge in [0, 0.05) is 22.8 Å². The summed E-state index contributed by atoms with van der Waals surface area (Å²) in [5, 5.41) is 11.1. The maximum atomic E-state index is 12.1. The lowest BCUT2D eigenvalue weighted by molar-refractivity contribution is -0.146. The first-order valence-electron chi connectivity index (χ1n) is 14.3. The van der Waals surface area contributed by atoms with E-state index in [1.54, 1.807) is 19.1 Å². The predicted molar refractivity (Wildman–Crippen MR) is 166 cm³/mol. The summed E-state index contributed by atoms with van der Waals surface area (Å²) in [5.74, 6) is 1.40. The molecule has 0 aliphatic carbocycles. The van der Waals surface area contributed by atoms with Crippen LogP contribution < -0.4 is 4.74 Å². The molecule has 1 heterocycles. The largest absolute Gasteiger partial charge is 0.507 e. The Morgan fingerprint density at radius 2 is 1.36 bits per heavy atom. The van der Waals surface area contributed by atoms with E-state index in [-0.39, 0.29) is 12.4 Å². The normalized spacial score (nSPS) is 11.7. The van der Waals surface area contributed by atoms with Crippen LogP contribution in [0.2, 0.25) is 0 Å². The van der Waals surface area contributed by atoms with Gasteiger partial charge in [-0.2, -0.15) is 0 Å². The summed E-state index contributed by atoms with van der Waals surface area (Å²) in [6.07, 6.45) is 2.12. The van der Waals surface area contributed by atoms with Crippen molar-refractivity contribution >= 4 is 5.97 Å². The molecule has 42 heavy (non-hydrogen) atoms. The molecule has 0 amide bonds. The average Bonchev–Trinajstić information content (AvgIpc) is 2.94. The summed E-state index contributed by atoms with van der Waals surface area (Å²) < 4.78 is 11.5.